The largest absolute Gasteiger partial charge is 0.317 e. The summed E-state index contributed by atoms with van der Waals surface area (Å²) in [7, 11) is 0. The van der Waals surface area contributed by atoms with Gasteiger partial charge in [0.15, 0.2) is 0 Å². The molecule has 0 aromatic heterocycles. The summed E-state index contributed by atoms with van der Waals surface area (Å²) in [6, 6.07) is 9.33. The Morgan fingerprint density at radius 1 is 0.900 bits per heavy atom. The second-order valence-corrected chi connectivity index (χ2v) is 6.34. The average Bonchev–Trinajstić information content (AvgIpc) is 2.71. The van der Waals surface area contributed by atoms with Crippen LogP contribution >= 0.6 is 0 Å². The van der Waals surface area contributed by atoms with Gasteiger partial charge in [-0.15, -0.1) is 0 Å². The van der Waals surface area contributed by atoms with Crippen molar-refractivity contribution in [2.45, 2.75) is 58.8 Å². The van der Waals surface area contributed by atoms with Crippen molar-refractivity contribution in [2.24, 2.45) is 11.8 Å². The molecule has 20 heavy (non-hydrogen) atoms. The fourth-order valence-corrected chi connectivity index (χ4v) is 3.54. The van der Waals surface area contributed by atoms with Crippen LogP contribution in [0.15, 0.2) is 24.3 Å². The fraction of sp³-hybridized carbons (Fsp3) is 0.684. The van der Waals surface area contributed by atoms with Crippen LogP contribution in [0.3, 0.4) is 0 Å². The Hall–Kier alpha value is -0.820. The van der Waals surface area contributed by atoms with Crippen LogP contribution in [0.25, 0.3) is 0 Å². The molecule has 2 rings (SSSR count). The Morgan fingerprint density at radius 2 is 1.55 bits per heavy atom. The molecule has 1 N–H and O–H groups in total. The predicted octanol–water partition coefficient (Wildman–Crippen LogP) is 4.60. The Morgan fingerprint density at radius 3 is 2.20 bits per heavy atom. The molecule has 0 radical (unpaired) electrons. The summed E-state index contributed by atoms with van der Waals surface area (Å²) in [4.78, 5) is 0. The molecule has 1 aromatic carbocycles. The average molecular weight is 273 g/mol. The Balaban J connectivity index is 1.98. The fourth-order valence-electron chi connectivity index (χ4n) is 3.54. The maximum Gasteiger partial charge on any atom is -0.00179 e. The summed E-state index contributed by atoms with van der Waals surface area (Å²) in [6.45, 7) is 6.77. The van der Waals surface area contributed by atoms with Crippen LogP contribution in [0.2, 0.25) is 0 Å². The summed E-state index contributed by atoms with van der Waals surface area (Å²) < 4.78 is 0. The van der Waals surface area contributed by atoms with Crippen molar-refractivity contribution in [1.82, 2.24) is 5.32 Å². The molecule has 1 aromatic rings. The van der Waals surface area contributed by atoms with Crippen molar-refractivity contribution in [1.29, 1.82) is 0 Å². The molecule has 1 aliphatic carbocycles. The van der Waals surface area contributed by atoms with E-state index in [2.05, 4.69) is 43.4 Å². The van der Waals surface area contributed by atoms with Crippen molar-refractivity contribution >= 4 is 0 Å². The Labute approximate surface area is 125 Å². The third kappa shape index (κ3) is 4.63. The summed E-state index contributed by atoms with van der Waals surface area (Å²) in [5.74, 6) is 1.76. The molecule has 1 saturated carbocycles. The van der Waals surface area contributed by atoms with Crippen LogP contribution in [-0.2, 0) is 12.8 Å². The van der Waals surface area contributed by atoms with Crippen LogP contribution in [0.1, 0.15) is 57.1 Å². The lowest BCUT2D eigenvalue weighted by Crippen LogP contribution is -2.28. The maximum atomic E-state index is 3.58. The zero-order valence-electron chi connectivity index (χ0n) is 13.3. The van der Waals surface area contributed by atoms with Crippen LogP contribution in [0.5, 0.6) is 0 Å². The highest BCUT2D eigenvalue weighted by Gasteiger charge is 2.23. The summed E-state index contributed by atoms with van der Waals surface area (Å²) in [5, 5.41) is 3.58. The number of nitrogens with one attached hydrogen (secondary N) is 1. The molecule has 0 aliphatic heterocycles. The van der Waals surface area contributed by atoms with E-state index in [0.29, 0.717) is 0 Å². The molecule has 1 heteroatoms. The second kappa shape index (κ2) is 8.46. The molecule has 1 nitrogen and oxygen atoms in total. The number of hydrogen-bond acceptors (Lipinski definition) is 1. The molecular weight excluding hydrogens is 242 g/mol. The minimum atomic E-state index is 0.878. The van der Waals surface area contributed by atoms with E-state index < -0.39 is 0 Å². The first kappa shape index (κ1) is 15.6. The highest BCUT2D eigenvalue weighted by Crippen LogP contribution is 2.31. The van der Waals surface area contributed by atoms with Crippen LogP contribution in [-0.4, -0.2) is 13.1 Å². The molecule has 0 saturated heterocycles. The molecule has 0 bridgehead atoms. The number of rotatable bonds is 6. The first-order valence-electron chi connectivity index (χ1n) is 8.62. The highest BCUT2D eigenvalue weighted by atomic mass is 14.8. The van der Waals surface area contributed by atoms with Gasteiger partial charge in [-0.2, -0.15) is 0 Å². The summed E-state index contributed by atoms with van der Waals surface area (Å²) in [5.41, 5.74) is 2.99. The van der Waals surface area contributed by atoms with Crippen molar-refractivity contribution in [2.75, 3.05) is 13.1 Å². The van der Waals surface area contributed by atoms with Gasteiger partial charge in [0.05, 0.1) is 0 Å². The van der Waals surface area contributed by atoms with Crippen LogP contribution < -0.4 is 5.32 Å². The molecule has 0 amide bonds. The van der Waals surface area contributed by atoms with Crippen molar-refractivity contribution < 1.29 is 0 Å². The topological polar surface area (TPSA) is 12.0 Å². The minimum Gasteiger partial charge on any atom is -0.317 e. The lowest BCUT2D eigenvalue weighted by molar-refractivity contribution is 0.299. The molecule has 0 heterocycles. The van der Waals surface area contributed by atoms with E-state index in [-0.39, 0.29) is 0 Å². The lowest BCUT2D eigenvalue weighted by atomic mass is 9.83. The van der Waals surface area contributed by atoms with E-state index in [4.69, 9.17) is 0 Å². The summed E-state index contributed by atoms with van der Waals surface area (Å²) in [6.07, 6.45) is 9.57. The van der Waals surface area contributed by atoms with Crippen molar-refractivity contribution in [3.05, 3.63) is 35.4 Å². The molecule has 2 atom stereocenters. The molecule has 1 aliphatic rings. The zero-order valence-corrected chi connectivity index (χ0v) is 13.3. The molecular formula is C19H31N. The predicted molar refractivity (Wildman–Crippen MR) is 88.1 cm³/mol. The van der Waals surface area contributed by atoms with Gasteiger partial charge in [0, 0.05) is 0 Å². The van der Waals surface area contributed by atoms with Gasteiger partial charge >= 0.3 is 0 Å². The molecule has 1 fully saturated rings. The monoisotopic (exact) mass is 273 g/mol. The van der Waals surface area contributed by atoms with Crippen molar-refractivity contribution in [3.8, 4) is 0 Å². The van der Waals surface area contributed by atoms with Gasteiger partial charge in [0.25, 0.3) is 0 Å². The first-order chi connectivity index (χ1) is 9.83. The van der Waals surface area contributed by atoms with Gasteiger partial charge in [-0.25, -0.2) is 0 Å². The van der Waals surface area contributed by atoms with E-state index in [1.807, 2.05) is 0 Å². The van der Waals surface area contributed by atoms with Gasteiger partial charge in [-0.05, 0) is 61.7 Å². The third-order valence-electron chi connectivity index (χ3n) is 4.90. The van der Waals surface area contributed by atoms with Gasteiger partial charge in [-0.3, -0.25) is 0 Å². The van der Waals surface area contributed by atoms with Crippen LogP contribution in [0.4, 0.5) is 0 Å². The maximum absolute atomic E-state index is 3.58. The smallest absolute Gasteiger partial charge is 0.00179 e. The quantitative estimate of drug-likeness (QED) is 0.747. The van der Waals surface area contributed by atoms with Gasteiger partial charge in [0.1, 0.15) is 0 Å². The normalized spacial score (nSPS) is 23.5. The van der Waals surface area contributed by atoms with E-state index >= 15 is 0 Å². The molecule has 2 unspecified atom stereocenters. The third-order valence-corrected chi connectivity index (χ3v) is 4.90. The van der Waals surface area contributed by atoms with E-state index in [1.165, 1.54) is 56.2 Å². The van der Waals surface area contributed by atoms with Crippen LogP contribution in [0, 0.1) is 11.8 Å². The number of hydrogen-bond donors (Lipinski definition) is 1. The summed E-state index contributed by atoms with van der Waals surface area (Å²) >= 11 is 0. The van der Waals surface area contributed by atoms with Gasteiger partial charge in [0.2, 0.25) is 0 Å². The molecule has 0 spiro atoms. The van der Waals surface area contributed by atoms with Crippen molar-refractivity contribution in [3.63, 3.8) is 0 Å². The lowest BCUT2D eigenvalue weighted by Gasteiger charge is -2.25. The van der Waals surface area contributed by atoms with E-state index in [1.54, 1.807) is 0 Å². The van der Waals surface area contributed by atoms with Gasteiger partial charge < -0.3 is 5.32 Å². The second-order valence-electron chi connectivity index (χ2n) is 6.34. The number of benzene rings is 1. The Bertz CT molecular complexity index is 368. The van der Waals surface area contributed by atoms with E-state index in [0.717, 1.165) is 24.8 Å². The van der Waals surface area contributed by atoms with E-state index in [9.17, 15) is 0 Å². The number of aryl methyl sites for hydroxylation is 1. The first-order valence-corrected chi connectivity index (χ1v) is 8.62. The van der Waals surface area contributed by atoms with Gasteiger partial charge in [-0.1, -0.05) is 57.4 Å². The molecule has 112 valence electrons. The Kier molecular flexibility index (Phi) is 6.59. The SMILES string of the molecule is CCNCC1CCCCCC1Cc1ccc(CC)cc1. The standard InChI is InChI=1S/C19H31N/c1-3-16-10-12-17(13-11-16)14-18-8-6-5-7-9-19(18)15-20-4-2/h10-13,18-20H,3-9,14-15H2,1-2H3. The minimum absolute atomic E-state index is 0.878. The highest BCUT2D eigenvalue weighted by molar-refractivity contribution is 5.23. The zero-order chi connectivity index (χ0) is 14.2.